The van der Waals surface area contributed by atoms with E-state index >= 15 is 0 Å². The predicted octanol–water partition coefficient (Wildman–Crippen LogP) is 0.120. The maximum atomic E-state index is 11.2. The Hall–Kier alpha value is -1.35. The maximum absolute atomic E-state index is 11.2. The van der Waals surface area contributed by atoms with Crippen LogP contribution in [0.4, 0.5) is 0 Å². The number of rotatable bonds is 6. The van der Waals surface area contributed by atoms with E-state index in [1.54, 1.807) is 0 Å². The van der Waals surface area contributed by atoms with E-state index in [1.807, 2.05) is 16.8 Å². The normalized spacial score (nSPS) is 11.8. The van der Waals surface area contributed by atoms with Gasteiger partial charge < -0.3 is 10.4 Å². The first kappa shape index (κ1) is 12.7. The van der Waals surface area contributed by atoms with E-state index in [4.69, 9.17) is 6.42 Å². The topological polar surface area (TPSA) is 61.4 Å². The van der Waals surface area contributed by atoms with Gasteiger partial charge in [-0.15, -0.1) is 6.42 Å². The Morgan fingerprint density at radius 2 is 2.50 bits per heavy atom. The molecule has 0 aliphatic rings. The highest BCUT2D eigenvalue weighted by Gasteiger charge is 2.09. The molecule has 0 aliphatic heterocycles. The van der Waals surface area contributed by atoms with Gasteiger partial charge in [0.25, 0.3) is 0 Å². The first-order valence-electron chi connectivity index (χ1n) is 4.85. The molecule has 0 saturated heterocycles. The third kappa shape index (κ3) is 4.45. The van der Waals surface area contributed by atoms with Gasteiger partial charge in [-0.25, -0.2) is 0 Å². The largest absolute Gasteiger partial charge is 0.387 e. The molecule has 1 atom stereocenters. The zero-order valence-electron chi connectivity index (χ0n) is 8.77. The van der Waals surface area contributed by atoms with Gasteiger partial charge in [0.2, 0.25) is 5.91 Å². The number of carbonyl (C=O) groups is 1. The molecule has 16 heavy (non-hydrogen) atoms. The number of hydrogen-bond acceptors (Lipinski definition) is 4. The lowest BCUT2D eigenvalue weighted by atomic mass is 10.2. The number of thiophene rings is 1. The monoisotopic (exact) mass is 238 g/mol. The summed E-state index contributed by atoms with van der Waals surface area (Å²) in [5, 5.41) is 18.8. The molecule has 0 aromatic carbocycles. The van der Waals surface area contributed by atoms with Crippen molar-refractivity contribution in [1.82, 2.24) is 10.6 Å². The molecule has 3 N–H and O–H groups in total. The third-order valence-corrected chi connectivity index (χ3v) is 2.63. The molecule has 0 aliphatic carbocycles. The van der Waals surface area contributed by atoms with Crippen molar-refractivity contribution in [2.45, 2.75) is 6.10 Å². The number of nitrogens with one attached hydrogen (secondary N) is 2. The van der Waals surface area contributed by atoms with E-state index in [-0.39, 0.29) is 19.0 Å². The molecule has 86 valence electrons. The van der Waals surface area contributed by atoms with Gasteiger partial charge in [-0.1, -0.05) is 5.92 Å². The summed E-state index contributed by atoms with van der Waals surface area (Å²) in [5.74, 6) is 2.19. The van der Waals surface area contributed by atoms with Crippen LogP contribution < -0.4 is 10.6 Å². The van der Waals surface area contributed by atoms with Crippen LogP contribution in [0.3, 0.4) is 0 Å². The van der Waals surface area contributed by atoms with Crippen LogP contribution in [0.15, 0.2) is 16.8 Å². The molecular formula is C11H14N2O2S. The minimum atomic E-state index is -0.650. The zero-order chi connectivity index (χ0) is 11.8. The Morgan fingerprint density at radius 3 is 3.12 bits per heavy atom. The van der Waals surface area contributed by atoms with Crippen molar-refractivity contribution in [3.8, 4) is 12.3 Å². The van der Waals surface area contributed by atoms with Crippen molar-refractivity contribution in [1.29, 1.82) is 0 Å². The first-order chi connectivity index (χ1) is 7.74. The lowest BCUT2D eigenvalue weighted by Crippen LogP contribution is -2.36. The number of amides is 1. The van der Waals surface area contributed by atoms with Gasteiger partial charge >= 0.3 is 0 Å². The fraction of sp³-hybridized carbons (Fsp3) is 0.364. The average molecular weight is 238 g/mol. The molecule has 1 heterocycles. The maximum Gasteiger partial charge on any atom is 0.234 e. The van der Waals surface area contributed by atoms with Crippen LogP contribution in [0.5, 0.6) is 0 Å². The van der Waals surface area contributed by atoms with Crippen LogP contribution in [-0.4, -0.2) is 30.6 Å². The molecule has 0 spiro atoms. The van der Waals surface area contributed by atoms with Gasteiger partial charge in [0, 0.05) is 6.54 Å². The standard InChI is InChI=1S/C11H14N2O2S/c1-2-4-12-7-11(15)13-6-10(14)9-3-5-16-8-9/h1,3,5,8,10,12,14H,4,6-7H2,(H,13,15). The highest BCUT2D eigenvalue weighted by molar-refractivity contribution is 7.07. The van der Waals surface area contributed by atoms with Crippen LogP contribution in [0, 0.1) is 12.3 Å². The Balaban J connectivity index is 2.19. The van der Waals surface area contributed by atoms with Gasteiger partial charge in [0.15, 0.2) is 0 Å². The second kappa shape index (κ2) is 7.01. The number of terminal acetylenes is 1. The highest BCUT2D eigenvalue weighted by atomic mass is 32.1. The molecule has 1 rings (SSSR count). The molecule has 5 heteroatoms. The van der Waals surface area contributed by atoms with Crippen LogP contribution >= 0.6 is 11.3 Å². The van der Waals surface area contributed by atoms with E-state index in [2.05, 4.69) is 16.6 Å². The van der Waals surface area contributed by atoms with Crippen LogP contribution in [0.25, 0.3) is 0 Å². The summed E-state index contributed by atoms with van der Waals surface area (Å²) in [6, 6.07) is 1.83. The van der Waals surface area contributed by atoms with Crippen molar-refractivity contribution >= 4 is 17.2 Å². The van der Waals surface area contributed by atoms with Gasteiger partial charge in [-0.2, -0.15) is 11.3 Å². The number of aliphatic hydroxyl groups is 1. The van der Waals surface area contributed by atoms with Crippen LogP contribution in [0.2, 0.25) is 0 Å². The predicted molar refractivity (Wildman–Crippen MR) is 64.0 cm³/mol. The van der Waals surface area contributed by atoms with Crippen LogP contribution in [0.1, 0.15) is 11.7 Å². The summed E-state index contributed by atoms with van der Waals surface area (Å²) in [5.41, 5.74) is 0.821. The van der Waals surface area contributed by atoms with Crippen molar-refractivity contribution in [2.75, 3.05) is 19.6 Å². The molecule has 0 fully saturated rings. The SMILES string of the molecule is C#CCNCC(=O)NCC(O)c1ccsc1. The van der Waals surface area contributed by atoms with E-state index in [1.165, 1.54) is 11.3 Å². The summed E-state index contributed by atoms with van der Waals surface area (Å²) in [7, 11) is 0. The van der Waals surface area contributed by atoms with Crippen molar-refractivity contribution in [3.05, 3.63) is 22.4 Å². The van der Waals surface area contributed by atoms with E-state index in [0.717, 1.165) is 5.56 Å². The second-order valence-corrected chi connectivity index (χ2v) is 3.96. The van der Waals surface area contributed by atoms with Gasteiger partial charge in [0.1, 0.15) is 0 Å². The lowest BCUT2D eigenvalue weighted by molar-refractivity contribution is -0.120. The summed E-state index contributed by atoms with van der Waals surface area (Å²) in [4.78, 5) is 11.2. The van der Waals surface area contributed by atoms with E-state index in [0.29, 0.717) is 6.54 Å². The fourth-order valence-corrected chi connectivity index (χ4v) is 1.81. The number of hydrogen-bond donors (Lipinski definition) is 3. The fourth-order valence-electron chi connectivity index (χ4n) is 1.10. The van der Waals surface area contributed by atoms with E-state index in [9.17, 15) is 9.90 Å². The van der Waals surface area contributed by atoms with Crippen molar-refractivity contribution in [2.24, 2.45) is 0 Å². The van der Waals surface area contributed by atoms with Gasteiger partial charge in [-0.3, -0.25) is 10.1 Å². The Morgan fingerprint density at radius 1 is 1.69 bits per heavy atom. The zero-order valence-corrected chi connectivity index (χ0v) is 9.59. The van der Waals surface area contributed by atoms with Crippen molar-refractivity contribution < 1.29 is 9.90 Å². The molecular weight excluding hydrogens is 224 g/mol. The summed E-state index contributed by atoms with van der Waals surface area (Å²) < 4.78 is 0. The average Bonchev–Trinajstić information content (AvgIpc) is 2.79. The molecule has 0 radical (unpaired) electrons. The molecule has 0 bridgehead atoms. The summed E-state index contributed by atoms with van der Waals surface area (Å²) in [6.07, 6.45) is 4.37. The van der Waals surface area contributed by atoms with Crippen molar-refractivity contribution in [3.63, 3.8) is 0 Å². The van der Waals surface area contributed by atoms with E-state index < -0.39 is 6.10 Å². The molecule has 1 aromatic heterocycles. The molecule has 1 aromatic rings. The van der Waals surface area contributed by atoms with Gasteiger partial charge in [0.05, 0.1) is 19.2 Å². The highest BCUT2D eigenvalue weighted by Crippen LogP contribution is 2.14. The first-order valence-corrected chi connectivity index (χ1v) is 5.79. The number of carbonyl (C=O) groups excluding carboxylic acids is 1. The minimum absolute atomic E-state index is 0.167. The molecule has 1 amide bonds. The Labute approximate surface area is 98.7 Å². The second-order valence-electron chi connectivity index (χ2n) is 3.18. The Bertz CT molecular complexity index is 357. The lowest BCUT2D eigenvalue weighted by Gasteiger charge is -2.10. The molecule has 0 saturated carbocycles. The molecule has 4 nitrogen and oxygen atoms in total. The number of aliphatic hydroxyl groups excluding tert-OH is 1. The quantitative estimate of drug-likeness (QED) is 0.487. The van der Waals surface area contributed by atoms with Crippen LogP contribution in [-0.2, 0) is 4.79 Å². The minimum Gasteiger partial charge on any atom is -0.387 e. The summed E-state index contributed by atoms with van der Waals surface area (Å²) in [6.45, 7) is 0.744. The smallest absolute Gasteiger partial charge is 0.234 e. The Kier molecular flexibility index (Phi) is 5.57. The summed E-state index contributed by atoms with van der Waals surface area (Å²) >= 11 is 1.51. The molecule has 1 unspecified atom stereocenters. The van der Waals surface area contributed by atoms with Gasteiger partial charge in [-0.05, 0) is 22.4 Å². The third-order valence-electron chi connectivity index (χ3n) is 1.93.